The summed E-state index contributed by atoms with van der Waals surface area (Å²) in [6.07, 6.45) is 1.91. The predicted molar refractivity (Wildman–Crippen MR) is 199 cm³/mol. The molecule has 0 amide bonds. The molecule has 7 aromatic carbocycles. The van der Waals surface area contributed by atoms with Gasteiger partial charge < -0.3 is 0 Å². The second kappa shape index (κ2) is 11.0. The average molecular weight is 599 g/mol. The number of fused-ring (bicyclic) bond motifs is 5. The van der Waals surface area contributed by atoms with Crippen molar-refractivity contribution in [2.75, 3.05) is 0 Å². The molecule has 9 aromatic rings. The normalized spacial score (nSPS) is 11.5. The zero-order valence-electron chi connectivity index (χ0n) is 26.0. The molecule has 2 nitrogen and oxygen atoms in total. The number of pyridine rings is 2. The lowest BCUT2D eigenvalue weighted by Crippen LogP contribution is -1.94. The summed E-state index contributed by atoms with van der Waals surface area (Å²) in [5.74, 6) is 0. The van der Waals surface area contributed by atoms with E-state index in [9.17, 15) is 0 Å². The molecule has 2 aromatic heterocycles. The molecule has 0 saturated carbocycles. The first-order chi connectivity index (χ1) is 23.2. The lowest BCUT2D eigenvalue weighted by Gasteiger charge is -2.15. The van der Waals surface area contributed by atoms with Gasteiger partial charge in [0.15, 0.2) is 0 Å². The van der Waals surface area contributed by atoms with Gasteiger partial charge in [0.25, 0.3) is 0 Å². The third-order valence-corrected chi connectivity index (χ3v) is 9.35. The van der Waals surface area contributed by atoms with Gasteiger partial charge in [-0.05, 0) is 80.0 Å². The van der Waals surface area contributed by atoms with Gasteiger partial charge >= 0.3 is 0 Å². The molecule has 0 unspecified atom stereocenters. The van der Waals surface area contributed by atoms with E-state index >= 15 is 0 Å². The predicted octanol–water partition coefficient (Wildman–Crippen LogP) is 12.1. The Kier molecular flexibility index (Phi) is 6.39. The maximum Gasteiger partial charge on any atom is 0.0978 e. The van der Waals surface area contributed by atoms with E-state index in [-0.39, 0.29) is 0 Å². The Morgan fingerprint density at radius 2 is 1.02 bits per heavy atom. The van der Waals surface area contributed by atoms with Crippen molar-refractivity contribution in [3.8, 4) is 44.6 Å². The minimum absolute atomic E-state index is 0.913. The molecular weight excluding hydrogens is 569 g/mol. The van der Waals surface area contributed by atoms with Gasteiger partial charge in [0.1, 0.15) is 0 Å². The lowest BCUT2D eigenvalue weighted by molar-refractivity contribution is 1.37. The smallest absolute Gasteiger partial charge is 0.0978 e. The molecule has 0 bridgehead atoms. The third kappa shape index (κ3) is 4.65. The van der Waals surface area contributed by atoms with Gasteiger partial charge in [-0.3, -0.25) is 4.98 Å². The summed E-state index contributed by atoms with van der Waals surface area (Å²) in [5.41, 5.74) is 12.2. The number of hydrogen-bond donors (Lipinski definition) is 0. The number of aryl methyl sites for hydroxylation is 1. The molecule has 2 heterocycles. The van der Waals surface area contributed by atoms with Crippen LogP contribution in [-0.2, 0) is 0 Å². The topological polar surface area (TPSA) is 25.8 Å². The zero-order chi connectivity index (χ0) is 31.3. The highest BCUT2D eigenvalue weighted by Gasteiger charge is 2.16. The molecule has 220 valence electrons. The third-order valence-electron chi connectivity index (χ3n) is 9.35. The second-order valence-electron chi connectivity index (χ2n) is 12.3. The summed E-state index contributed by atoms with van der Waals surface area (Å²) in [6, 6.07) is 56.6. The molecule has 2 heteroatoms. The van der Waals surface area contributed by atoms with Crippen LogP contribution in [0.15, 0.2) is 164 Å². The van der Waals surface area contributed by atoms with Gasteiger partial charge in [-0.15, -0.1) is 0 Å². The van der Waals surface area contributed by atoms with Crippen molar-refractivity contribution in [3.05, 3.63) is 169 Å². The van der Waals surface area contributed by atoms with Gasteiger partial charge in [-0.25, -0.2) is 4.98 Å². The van der Waals surface area contributed by atoms with Crippen LogP contribution in [0.2, 0.25) is 0 Å². The Labute approximate surface area is 273 Å². The molecule has 0 spiro atoms. The van der Waals surface area contributed by atoms with Crippen molar-refractivity contribution in [2.45, 2.75) is 6.92 Å². The monoisotopic (exact) mass is 598 g/mol. The SMILES string of the molecule is Cc1ccc2c(-c3ccc(-c4cc(-c5ccccc5)nc5c4ccc4c(-c6ccccc6)ccnc45)cc3)c3ccccc3cc2c1. The molecule has 0 atom stereocenters. The van der Waals surface area contributed by atoms with E-state index < -0.39 is 0 Å². The summed E-state index contributed by atoms with van der Waals surface area (Å²) >= 11 is 0. The van der Waals surface area contributed by atoms with Gasteiger partial charge in [-0.2, -0.15) is 0 Å². The van der Waals surface area contributed by atoms with Crippen molar-refractivity contribution in [1.82, 2.24) is 9.97 Å². The Bertz CT molecular complexity index is 2600. The summed E-state index contributed by atoms with van der Waals surface area (Å²) in [5, 5.41) is 7.26. The minimum atomic E-state index is 0.913. The first-order valence-electron chi connectivity index (χ1n) is 16.1. The van der Waals surface area contributed by atoms with Crippen LogP contribution in [0, 0.1) is 6.92 Å². The highest BCUT2D eigenvalue weighted by molar-refractivity contribution is 6.14. The van der Waals surface area contributed by atoms with Gasteiger partial charge in [-0.1, -0.05) is 145 Å². The van der Waals surface area contributed by atoms with E-state index in [1.54, 1.807) is 0 Å². The van der Waals surface area contributed by atoms with Crippen molar-refractivity contribution in [3.63, 3.8) is 0 Å². The van der Waals surface area contributed by atoms with Gasteiger partial charge in [0.05, 0.1) is 16.7 Å². The molecule has 0 saturated heterocycles. The quantitative estimate of drug-likeness (QED) is 0.149. The van der Waals surface area contributed by atoms with E-state index in [1.165, 1.54) is 43.8 Å². The maximum absolute atomic E-state index is 5.27. The molecule has 0 aliphatic rings. The van der Waals surface area contributed by atoms with Crippen LogP contribution in [-0.4, -0.2) is 9.97 Å². The molecule has 9 rings (SSSR count). The van der Waals surface area contributed by atoms with Gasteiger partial charge in [0, 0.05) is 22.5 Å². The standard InChI is InChI=1S/C45H30N2/c1-29-16-21-38-35(26-29)27-34-14-8-9-15-37(34)43(38)33-19-17-31(18-20-33)41-28-42(32-12-6-3-7-13-32)47-45-40(41)23-22-39-36(24-25-46-44(39)45)30-10-4-2-5-11-30/h2-28H,1H3. The summed E-state index contributed by atoms with van der Waals surface area (Å²) < 4.78 is 0. The molecule has 0 N–H and O–H groups in total. The molecule has 0 fully saturated rings. The molecule has 0 radical (unpaired) electrons. The van der Waals surface area contributed by atoms with Crippen LogP contribution in [0.3, 0.4) is 0 Å². The van der Waals surface area contributed by atoms with Crippen LogP contribution >= 0.6 is 0 Å². The highest BCUT2D eigenvalue weighted by Crippen LogP contribution is 2.40. The number of rotatable bonds is 4. The summed E-state index contributed by atoms with van der Waals surface area (Å²) in [6.45, 7) is 2.16. The van der Waals surface area contributed by atoms with E-state index in [0.717, 1.165) is 49.8 Å². The van der Waals surface area contributed by atoms with E-state index in [4.69, 9.17) is 9.97 Å². The van der Waals surface area contributed by atoms with Crippen LogP contribution in [0.5, 0.6) is 0 Å². The van der Waals surface area contributed by atoms with Crippen LogP contribution < -0.4 is 0 Å². The Hall–Kier alpha value is -6.12. The summed E-state index contributed by atoms with van der Waals surface area (Å²) in [4.78, 5) is 10.2. The summed E-state index contributed by atoms with van der Waals surface area (Å²) in [7, 11) is 0. The maximum atomic E-state index is 5.27. The number of hydrogen-bond acceptors (Lipinski definition) is 2. The fourth-order valence-electron chi connectivity index (χ4n) is 7.09. The highest BCUT2D eigenvalue weighted by atomic mass is 14.8. The molecular formula is C45H30N2. The Morgan fingerprint density at radius 1 is 0.404 bits per heavy atom. The van der Waals surface area contributed by atoms with E-state index in [0.29, 0.717) is 0 Å². The largest absolute Gasteiger partial charge is 0.254 e. The zero-order valence-corrected chi connectivity index (χ0v) is 26.0. The van der Waals surface area contributed by atoms with Crippen LogP contribution in [0.4, 0.5) is 0 Å². The van der Waals surface area contributed by atoms with Crippen LogP contribution in [0.25, 0.3) is 88.0 Å². The number of aromatic nitrogens is 2. The lowest BCUT2D eigenvalue weighted by atomic mass is 9.90. The number of nitrogens with zero attached hydrogens (tertiary/aromatic N) is 2. The van der Waals surface area contributed by atoms with Crippen molar-refractivity contribution < 1.29 is 0 Å². The first kappa shape index (κ1) is 27.2. The molecule has 47 heavy (non-hydrogen) atoms. The van der Waals surface area contributed by atoms with Crippen LogP contribution in [0.1, 0.15) is 5.56 Å². The Balaban J connectivity index is 1.26. The minimum Gasteiger partial charge on any atom is -0.254 e. The first-order valence-corrected chi connectivity index (χ1v) is 16.1. The van der Waals surface area contributed by atoms with E-state index in [2.05, 4.69) is 159 Å². The average Bonchev–Trinajstić information content (AvgIpc) is 3.14. The van der Waals surface area contributed by atoms with Crippen molar-refractivity contribution >= 4 is 43.4 Å². The number of benzene rings is 7. The molecule has 0 aliphatic heterocycles. The van der Waals surface area contributed by atoms with Crippen molar-refractivity contribution in [2.24, 2.45) is 0 Å². The van der Waals surface area contributed by atoms with Gasteiger partial charge in [0.2, 0.25) is 0 Å². The van der Waals surface area contributed by atoms with Crippen molar-refractivity contribution in [1.29, 1.82) is 0 Å². The molecule has 0 aliphatic carbocycles. The van der Waals surface area contributed by atoms with E-state index in [1.807, 2.05) is 12.3 Å². The fraction of sp³-hybridized carbons (Fsp3) is 0.0222. The second-order valence-corrected chi connectivity index (χ2v) is 12.3. The fourth-order valence-corrected chi connectivity index (χ4v) is 7.09. The Morgan fingerprint density at radius 3 is 1.81 bits per heavy atom.